The average molecular weight is 234 g/mol. The zero-order valence-electron chi connectivity index (χ0n) is 9.34. The van der Waals surface area contributed by atoms with E-state index < -0.39 is 0 Å². The molecule has 4 heteroatoms. The third kappa shape index (κ3) is 1.20. The highest BCUT2D eigenvalue weighted by Gasteiger charge is 2.12. The van der Waals surface area contributed by atoms with Gasteiger partial charge in [0.25, 0.3) is 0 Å². The normalized spacial score (nSPS) is 11.3. The second-order valence-corrected chi connectivity index (χ2v) is 4.09. The molecule has 4 nitrogen and oxygen atoms in total. The summed E-state index contributed by atoms with van der Waals surface area (Å²) in [7, 11) is 0. The summed E-state index contributed by atoms with van der Waals surface area (Å²) < 4.78 is 5.45. The molecule has 0 aliphatic carbocycles. The van der Waals surface area contributed by atoms with Crippen LogP contribution in [0.25, 0.3) is 33.1 Å². The summed E-state index contributed by atoms with van der Waals surface area (Å²) in [4.78, 5) is 0. The lowest BCUT2D eigenvalue weighted by molar-refractivity contribution is 0.607. The first-order valence-electron chi connectivity index (χ1n) is 5.63. The van der Waals surface area contributed by atoms with Gasteiger partial charge in [0, 0.05) is 16.5 Å². The van der Waals surface area contributed by atoms with Crippen LogP contribution in [0.2, 0.25) is 0 Å². The molecule has 2 aromatic heterocycles. The lowest BCUT2D eigenvalue weighted by Crippen LogP contribution is -1.79. The molecule has 1 N–H and O–H groups in total. The van der Waals surface area contributed by atoms with Crippen molar-refractivity contribution < 1.29 is 4.42 Å². The average Bonchev–Trinajstić information content (AvgIpc) is 3.05. The molecule has 0 saturated carbocycles. The van der Waals surface area contributed by atoms with Crippen molar-refractivity contribution in [3.8, 4) is 11.1 Å². The van der Waals surface area contributed by atoms with Gasteiger partial charge >= 0.3 is 0 Å². The van der Waals surface area contributed by atoms with E-state index in [1.54, 1.807) is 0 Å². The Morgan fingerprint density at radius 1 is 1.06 bits per heavy atom. The van der Waals surface area contributed by atoms with E-state index in [1.165, 1.54) is 0 Å². The summed E-state index contributed by atoms with van der Waals surface area (Å²) in [6.45, 7) is 0. The van der Waals surface area contributed by atoms with Crippen LogP contribution in [0.5, 0.6) is 0 Å². The maximum absolute atomic E-state index is 5.45. The first kappa shape index (κ1) is 9.41. The van der Waals surface area contributed by atoms with Crippen molar-refractivity contribution in [1.82, 2.24) is 15.4 Å². The van der Waals surface area contributed by atoms with E-state index in [-0.39, 0.29) is 0 Å². The predicted molar refractivity (Wildman–Crippen MR) is 67.9 cm³/mol. The smallest absolute Gasteiger partial charge is 0.179 e. The molecule has 0 bridgehead atoms. The number of para-hydroxylation sites is 1. The lowest BCUT2D eigenvalue weighted by atomic mass is 10.0. The zero-order valence-corrected chi connectivity index (χ0v) is 9.34. The van der Waals surface area contributed by atoms with Gasteiger partial charge in [0.2, 0.25) is 0 Å². The first-order valence-corrected chi connectivity index (χ1v) is 5.63. The fourth-order valence-electron chi connectivity index (χ4n) is 2.20. The van der Waals surface area contributed by atoms with Crippen molar-refractivity contribution in [1.29, 1.82) is 0 Å². The number of nitrogens with zero attached hydrogens (tertiary/aromatic N) is 2. The highest BCUT2D eigenvalue weighted by molar-refractivity contribution is 6.01. The summed E-state index contributed by atoms with van der Waals surface area (Å²) >= 11 is 0. The van der Waals surface area contributed by atoms with Crippen molar-refractivity contribution in [2.45, 2.75) is 0 Å². The van der Waals surface area contributed by atoms with Crippen LogP contribution in [-0.2, 0) is 0 Å². The van der Waals surface area contributed by atoms with Gasteiger partial charge in [-0.2, -0.15) is 0 Å². The molecule has 0 saturated heterocycles. The number of H-pyrrole nitrogens is 1. The molecule has 2 heterocycles. The third-order valence-electron chi connectivity index (χ3n) is 3.05. The largest absolute Gasteiger partial charge is 0.452 e. The van der Waals surface area contributed by atoms with E-state index in [0.29, 0.717) is 0 Å². The Hall–Kier alpha value is -2.62. The SMILES string of the molecule is [c]1oc2ccccc2c1-c1cccc2[nH]nnc12. The lowest BCUT2D eigenvalue weighted by Gasteiger charge is -1.98. The Morgan fingerprint density at radius 2 is 2.00 bits per heavy atom. The van der Waals surface area contributed by atoms with E-state index in [0.717, 1.165) is 33.1 Å². The second kappa shape index (κ2) is 3.43. The van der Waals surface area contributed by atoms with Crippen LogP contribution in [0, 0.1) is 6.26 Å². The molecule has 18 heavy (non-hydrogen) atoms. The van der Waals surface area contributed by atoms with Gasteiger partial charge in [-0.25, -0.2) is 0 Å². The van der Waals surface area contributed by atoms with Crippen molar-refractivity contribution in [3.63, 3.8) is 0 Å². The van der Waals surface area contributed by atoms with Crippen LogP contribution in [-0.4, -0.2) is 15.4 Å². The number of furan rings is 1. The molecule has 4 aromatic rings. The minimum atomic E-state index is 0.827. The Bertz CT molecular complexity index is 844. The number of rotatable bonds is 1. The Labute approximate surface area is 102 Å². The topological polar surface area (TPSA) is 54.7 Å². The molecule has 4 rings (SSSR count). The summed E-state index contributed by atoms with van der Waals surface area (Å²) in [6, 6.07) is 13.8. The molecule has 0 amide bonds. The van der Waals surface area contributed by atoms with E-state index in [2.05, 4.69) is 21.7 Å². The summed E-state index contributed by atoms with van der Waals surface area (Å²) in [5.41, 5.74) is 4.47. The Balaban J connectivity index is 2.10. The number of benzene rings is 2. The minimum Gasteiger partial charge on any atom is -0.452 e. The number of aromatic amines is 1. The number of fused-ring (bicyclic) bond motifs is 2. The molecule has 0 aliphatic rings. The summed E-state index contributed by atoms with van der Waals surface area (Å²) in [5.74, 6) is 0. The van der Waals surface area contributed by atoms with Crippen molar-refractivity contribution in [2.75, 3.05) is 0 Å². The Kier molecular flexibility index (Phi) is 1.80. The van der Waals surface area contributed by atoms with E-state index >= 15 is 0 Å². The number of nitrogens with one attached hydrogen (secondary N) is 1. The molecule has 1 radical (unpaired) electrons. The second-order valence-electron chi connectivity index (χ2n) is 4.09. The summed E-state index contributed by atoms with van der Waals surface area (Å²) in [5, 5.41) is 11.8. The number of aromatic nitrogens is 3. The molecule has 0 aliphatic heterocycles. The monoisotopic (exact) mass is 234 g/mol. The molecular weight excluding hydrogens is 226 g/mol. The zero-order chi connectivity index (χ0) is 11.9. The van der Waals surface area contributed by atoms with Crippen LogP contribution in [0.3, 0.4) is 0 Å². The van der Waals surface area contributed by atoms with Gasteiger partial charge in [0.05, 0.1) is 5.52 Å². The van der Waals surface area contributed by atoms with E-state index in [1.807, 2.05) is 42.5 Å². The molecule has 85 valence electrons. The molecule has 0 atom stereocenters. The van der Waals surface area contributed by atoms with Crippen LogP contribution in [0.4, 0.5) is 0 Å². The minimum absolute atomic E-state index is 0.827. The van der Waals surface area contributed by atoms with Crippen LogP contribution in [0.1, 0.15) is 0 Å². The first-order chi connectivity index (χ1) is 8.93. The van der Waals surface area contributed by atoms with Crippen LogP contribution >= 0.6 is 0 Å². The molecule has 2 aromatic carbocycles. The van der Waals surface area contributed by atoms with Crippen molar-refractivity contribution >= 4 is 22.0 Å². The Morgan fingerprint density at radius 3 is 3.00 bits per heavy atom. The highest BCUT2D eigenvalue weighted by Crippen LogP contribution is 2.33. The van der Waals surface area contributed by atoms with Crippen molar-refractivity contribution in [2.24, 2.45) is 0 Å². The van der Waals surface area contributed by atoms with Gasteiger partial charge in [-0.05, 0) is 12.1 Å². The van der Waals surface area contributed by atoms with Gasteiger partial charge in [-0.3, -0.25) is 5.10 Å². The number of hydrogen-bond acceptors (Lipinski definition) is 3. The van der Waals surface area contributed by atoms with Gasteiger partial charge in [0.1, 0.15) is 11.1 Å². The predicted octanol–water partition coefficient (Wildman–Crippen LogP) is 3.17. The fraction of sp³-hybridized carbons (Fsp3) is 0. The van der Waals surface area contributed by atoms with E-state index in [9.17, 15) is 0 Å². The van der Waals surface area contributed by atoms with Gasteiger partial charge < -0.3 is 4.42 Å². The summed E-state index contributed by atoms with van der Waals surface area (Å²) in [6.07, 6.45) is 2.96. The van der Waals surface area contributed by atoms with Crippen LogP contribution < -0.4 is 0 Å². The van der Waals surface area contributed by atoms with Gasteiger partial charge in [-0.15, -0.1) is 5.10 Å². The molecule has 0 spiro atoms. The number of hydrogen-bond donors (Lipinski definition) is 1. The van der Waals surface area contributed by atoms with Crippen LogP contribution in [0.15, 0.2) is 46.9 Å². The van der Waals surface area contributed by atoms with Gasteiger partial charge in [-0.1, -0.05) is 35.5 Å². The van der Waals surface area contributed by atoms with E-state index in [4.69, 9.17) is 4.42 Å². The maximum Gasteiger partial charge on any atom is 0.179 e. The van der Waals surface area contributed by atoms with Crippen molar-refractivity contribution in [3.05, 3.63) is 48.7 Å². The standard InChI is InChI=1S/C14H8N3O/c1-2-7-13-9(4-1)11(8-18-13)10-5-3-6-12-14(10)16-17-15-12/h1-7H,(H,15,16,17). The third-order valence-corrected chi connectivity index (χ3v) is 3.05. The maximum atomic E-state index is 5.45. The van der Waals surface area contributed by atoms with Gasteiger partial charge in [0.15, 0.2) is 6.26 Å². The molecule has 0 unspecified atom stereocenters. The molecule has 0 fully saturated rings. The fourth-order valence-corrected chi connectivity index (χ4v) is 2.20. The quantitative estimate of drug-likeness (QED) is 0.550. The molecular formula is C14H8N3O. The highest BCUT2D eigenvalue weighted by atomic mass is 16.3.